The van der Waals surface area contributed by atoms with Crippen molar-refractivity contribution >= 4 is 29.5 Å². The highest BCUT2D eigenvalue weighted by molar-refractivity contribution is 5.99. The van der Waals surface area contributed by atoms with Crippen LogP contribution in [0.2, 0.25) is 0 Å². The van der Waals surface area contributed by atoms with Crippen molar-refractivity contribution < 1.29 is 32.7 Å². The zero-order valence-electron chi connectivity index (χ0n) is 26.0. The van der Waals surface area contributed by atoms with E-state index in [1.165, 1.54) is 0 Å². The molecule has 6 aliphatic rings. The number of hydrogen-bond donors (Lipinski definition) is 3. The fourth-order valence-electron chi connectivity index (χ4n) is 9.46. The molecule has 10 nitrogen and oxygen atoms in total. The van der Waals surface area contributed by atoms with Gasteiger partial charge in [0.25, 0.3) is 5.91 Å². The molecule has 4 aliphatic carbocycles. The Morgan fingerprint density at radius 1 is 1.04 bits per heavy atom. The Kier molecular flexibility index (Phi) is 7.24. The number of benzene rings is 1. The number of carbonyl (C=O) groups is 3. The molecule has 4 saturated carbocycles. The van der Waals surface area contributed by atoms with Gasteiger partial charge in [0, 0.05) is 43.5 Å². The van der Waals surface area contributed by atoms with Crippen LogP contribution >= 0.6 is 0 Å². The first-order valence-corrected chi connectivity index (χ1v) is 16.3. The standard InChI is InChI=1S/C33H39F3N6O4/c1-3-37-30(46)41-8-6-31(7-9-41)17-42(25-5-4-18(2)10-24(25)31)29-38-16-23(26(39-29)33(34,35)36)27(43)40-32(28(44)45)21-12-19-11-20(14-21)15-22(32)13-19/h4-5,10,16,19-22H,3,6-9,11-15,17H2,1-2H3,(H,37,46)(H,40,43)(H,44,45). The van der Waals surface area contributed by atoms with Crippen molar-refractivity contribution in [2.45, 2.75) is 75.9 Å². The Bertz CT molecular complexity index is 1560. The van der Waals surface area contributed by atoms with Gasteiger partial charge in [-0.3, -0.25) is 4.79 Å². The first-order valence-electron chi connectivity index (χ1n) is 16.3. The number of aromatic nitrogens is 2. The van der Waals surface area contributed by atoms with Crippen molar-refractivity contribution in [3.63, 3.8) is 0 Å². The zero-order valence-corrected chi connectivity index (χ0v) is 26.0. The Balaban J connectivity index is 1.20. The summed E-state index contributed by atoms with van der Waals surface area (Å²) in [4.78, 5) is 50.6. The number of carboxylic acid groups (broad SMARTS) is 1. The number of aliphatic carboxylic acids is 1. The van der Waals surface area contributed by atoms with Gasteiger partial charge in [0.1, 0.15) is 5.54 Å². The minimum absolute atomic E-state index is 0.137. The van der Waals surface area contributed by atoms with E-state index in [4.69, 9.17) is 0 Å². The normalized spacial score (nSPS) is 29.2. The highest BCUT2D eigenvalue weighted by Crippen LogP contribution is 2.58. The third-order valence-electron chi connectivity index (χ3n) is 11.4. The zero-order chi connectivity index (χ0) is 32.6. The maximum absolute atomic E-state index is 14.6. The summed E-state index contributed by atoms with van der Waals surface area (Å²) in [6.45, 7) is 5.65. The molecule has 3 heterocycles. The number of carbonyl (C=O) groups excluding carboxylic acids is 2. The van der Waals surface area contributed by atoms with Gasteiger partial charge in [-0.25, -0.2) is 19.6 Å². The molecule has 1 saturated heterocycles. The summed E-state index contributed by atoms with van der Waals surface area (Å²) >= 11 is 0. The summed E-state index contributed by atoms with van der Waals surface area (Å²) in [7, 11) is 0. The molecule has 1 spiro atoms. The lowest BCUT2D eigenvalue weighted by molar-refractivity contribution is -0.163. The van der Waals surface area contributed by atoms with Gasteiger partial charge < -0.3 is 25.5 Å². The van der Waals surface area contributed by atoms with Crippen LogP contribution in [0.1, 0.15) is 79.0 Å². The molecule has 3 N–H and O–H groups in total. The topological polar surface area (TPSA) is 128 Å². The number of carboxylic acids is 1. The highest BCUT2D eigenvalue weighted by Gasteiger charge is 2.62. The van der Waals surface area contributed by atoms with E-state index in [2.05, 4.69) is 20.6 Å². The van der Waals surface area contributed by atoms with E-state index < -0.39 is 40.3 Å². The number of nitrogens with zero attached hydrogens (tertiary/aromatic N) is 4. The third-order valence-corrected chi connectivity index (χ3v) is 11.4. The largest absolute Gasteiger partial charge is 0.479 e. The first kappa shape index (κ1) is 30.7. The predicted molar refractivity (Wildman–Crippen MR) is 162 cm³/mol. The number of urea groups is 1. The molecule has 0 atom stereocenters. The van der Waals surface area contributed by atoms with Gasteiger partial charge in [0.2, 0.25) is 5.95 Å². The SMILES string of the molecule is CCNC(=O)N1CCC2(CC1)CN(c1ncc(C(=O)NC3(C(=O)O)C4CC5CC(C4)CC3C5)c(C(F)(F)F)n1)c1ccc(C)cc12. The van der Waals surface area contributed by atoms with E-state index in [1.54, 1.807) is 9.80 Å². The molecule has 1 aromatic carbocycles. The van der Waals surface area contributed by atoms with Gasteiger partial charge in [-0.15, -0.1) is 0 Å². The molecule has 8 rings (SSSR count). The molecule has 0 unspecified atom stereocenters. The van der Waals surface area contributed by atoms with Gasteiger partial charge in [-0.05, 0) is 94.1 Å². The van der Waals surface area contributed by atoms with Crippen molar-refractivity contribution in [2.75, 3.05) is 31.1 Å². The Labute approximate surface area is 265 Å². The van der Waals surface area contributed by atoms with Gasteiger partial charge in [0.05, 0.1) is 5.56 Å². The van der Waals surface area contributed by atoms with Gasteiger partial charge >= 0.3 is 18.2 Å². The van der Waals surface area contributed by atoms with Crippen LogP contribution in [-0.2, 0) is 16.4 Å². The quantitative estimate of drug-likeness (QED) is 0.419. The fraction of sp³-hybridized carbons (Fsp3) is 0.606. The smallest absolute Gasteiger partial charge is 0.434 e. The van der Waals surface area contributed by atoms with E-state index in [0.717, 1.165) is 23.7 Å². The minimum atomic E-state index is -4.99. The lowest BCUT2D eigenvalue weighted by Crippen LogP contribution is -2.70. The molecule has 4 bridgehead atoms. The second kappa shape index (κ2) is 10.8. The summed E-state index contributed by atoms with van der Waals surface area (Å²) in [5.41, 5.74) is -1.51. The summed E-state index contributed by atoms with van der Waals surface area (Å²) in [5.74, 6) is -2.32. The number of alkyl halides is 3. The van der Waals surface area contributed by atoms with Crippen molar-refractivity contribution in [1.82, 2.24) is 25.5 Å². The van der Waals surface area contributed by atoms with Crippen LogP contribution in [0.3, 0.4) is 0 Å². The Hall–Kier alpha value is -3.90. The number of aryl methyl sites for hydroxylation is 1. The lowest BCUT2D eigenvalue weighted by atomic mass is 9.48. The molecule has 5 fully saturated rings. The molecule has 2 aromatic rings. The molecule has 46 heavy (non-hydrogen) atoms. The predicted octanol–water partition coefficient (Wildman–Crippen LogP) is 5.03. The number of amides is 3. The van der Waals surface area contributed by atoms with E-state index in [9.17, 15) is 32.7 Å². The Morgan fingerprint density at radius 2 is 1.70 bits per heavy atom. The average molecular weight is 641 g/mol. The van der Waals surface area contributed by atoms with Crippen molar-refractivity contribution in [3.05, 3.63) is 46.8 Å². The highest BCUT2D eigenvalue weighted by atomic mass is 19.4. The number of piperidine rings is 1. The molecule has 246 valence electrons. The monoisotopic (exact) mass is 640 g/mol. The average Bonchev–Trinajstić information content (AvgIpc) is 3.30. The van der Waals surface area contributed by atoms with Crippen LogP contribution in [0.4, 0.5) is 29.6 Å². The minimum Gasteiger partial charge on any atom is -0.479 e. The number of anilines is 2. The van der Waals surface area contributed by atoms with Gasteiger partial charge in [-0.1, -0.05) is 17.7 Å². The van der Waals surface area contributed by atoms with E-state index >= 15 is 0 Å². The molecule has 1 aromatic heterocycles. The summed E-state index contributed by atoms with van der Waals surface area (Å²) < 4.78 is 43.9. The Morgan fingerprint density at radius 3 is 2.28 bits per heavy atom. The second-order valence-electron chi connectivity index (χ2n) is 14.1. The molecular formula is C33H39F3N6O4. The number of halogens is 3. The second-order valence-corrected chi connectivity index (χ2v) is 14.1. The van der Waals surface area contributed by atoms with Gasteiger partial charge in [0.15, 0.2) is 5.69 Å². The number of hydrogen-bond acceptors (Lipinski definition) is 6. The molecule has 2 aliphatic heterocycles. The van der Waals surface area contributed by atoms with E-state index in [0.29, 0.717) is 82.2 Å². The number of nitrogens with one attached hydrogen (secondary N) is 2. The maximum Gasteiger partial charge on any atom is 0.434 e. The van der Waals surface area contributed by atoms with Crippen LogP contribution < -0.4 is 15.5 Å². The van der Waals surface area contributed by atoms with Crippen LogP contribution in [0.5, 0.6) is 0 Å². The van der Waals surface area contributed by atoms with Crippen LogP contribution in [0, 0.1) is 30.6 Å². The lowest BCUT2D eigenvalue weighted by Gasteiger charge is -2.59. The molecular weight excluding hydrogens is 601 g/mol. The number of likely N-dealkylation sites (tertiary alicyclic amines) is 1. The molecule has 3 amide bonds. The van der Waals surface area contributed by atoms with Crippen LogP contribution in [-0.4, -0.2) is 69.6 Å². The number of fused-ring (bicyclic) bond motifs is 2. The van der Waals surface area contributed by atoms with Crippen LogP contribution in [0.25, 0.3) is 0 Å². The molecule has 13 heteroatoms. The van der Waals surface area contributed by atoms with Crippen molar-refractivity contribution in [3.8, 4) is 0 Å². The van der Waals surface area contributed by atoms with Crippen molar-refractivity contribution in [2.24, 2.45) is 23.7 Å². The third kappa shape index (κ3) is 4.79. The summed E-state index contributed by atoms with van der Waals surface area (Å²) in [5, 5.41) is 15.9. The first-order chi connectivity index (χ1) is 21.8. The number of rotatable bonds is 5. The summed E-state index contributed by atoms with van der Waals surface area (Å²) in [6, 6.07) is 5.65. The fourth-order valence-corrected chi connectivity index (χ4v) is 9.46. The van der Waals surface area contributed by atoms with Crippen LogP contribution in [0.15, 0.2) is 24.4 Å². The van der Waals surface area contributed by atoms with E-state index in [-0.39, 0.29) is 23.8 Å². The summed E-state index contributed by atoms with van der Waals surface area (Å²) in [6.07, 6.45) is 0.789. The maximum atomic E-state index is 14.6. The molecule has 0 radical (unpaired) electrons. The van der Waals surface area contributed by atoms with E-state index in [1.807, 2.05) is 32.0 Å². The van der Waals surface area contributed by atoms with Gasteiger partial charge in [-0.2, -0.15) is 13.2 Å². The van der Waals surface area contributed by atoms with Crippen molar-refractivity contribution in [1.29, 1.82) is 0 Å².